The summed E-state index contributed by atoms with van der Waals surface area (Å²) in [6.45, 7) is 1.98. The van der Waals surface area contributed by atoms with Crippen LogP contribution in [0.2, 0.25) is 0 Å². The Kier molecular flexibility index (Phi) is 4.27. The number of nitrogens with two attached hydrogens (primary N) is 1. The molecule has 2 rings (SSSR count). The number of nitrogen functional groups attached to an aromatic ring is 1. The molecule has 0 radical (unpaired) electrons. The molecule has 5 nitrogen and oxygen atoms in total. The molecule has 1 fully saturated rings. The Bertz CT molecular complexity index is 462. The van der Waals surface area contributed by atoms with Gasteiger partial charge in [-0.05, 0) is 38.6 Å². The fourth-order valence-electron chi connectivity index (χ4n) is 2.47. The van der Waals surface area contributed by atoms with E-state index in [0.29, 0.717) is 17.0 Å². The zero-order valence-electron chi connectivity index (χ0n) is 11.5. The summed E-state index contributed by atoms with van der Waals surface area (Å²) < 4.78 is 5.13. The molecule has 1 amide bonds. The van der Waals surface area contributed by atoms with Crippen molar-refractivity contribution >= 4 is 11.6 Å². The first-order chi connectivity index (χ1) is 9.11. The third-order valence-electron chi connectivity index (χ3n) is 3.49. The van der Waals surface area contributed by atoms with Crippen LogP contribution in [0.5, 0.6) is 5.75 Å². The second kappa shape index (κ2) is 5.93. The molecule has 0 bridgehead atoms. The molecule has 19 heavy (non-hydrogen) atoms. The number of carbonyl (C=O) groups is 1. The Balaban J connectivity index is 2.07. The van der Waals surface area contributed by atoms with Crippen molar-refractivity contribution in [3.05, 3.63) is 23.8 Å². The molecule has 3 N–H and O–H groups in total. The highest BCUT2D eigenvalue weighted by molar-refractivity contribution is 6.00. The number of hydrogen-bond acceptors (Lipinski definition) is 4. The fourth-order valence-corrected chi connectivity index (χ4v) is 2.47. The minimum Gasteiger partial charge on any atom is -0.495 e. The summed E-state index contributed by atoms with van der Waals surface area (Å²) >= 11 is 0. The van der Waals surface area contributed by atoms with Crippen molar-refractivity contribution in [2.45, 2.75) is 18.9 Å². The number of rotatable bonds is 3. The van der Waals surface area contributed by atoms with E-state index in [9.17, 15) is 4.79 Å². The molecule has 1 aliphatic rings. The number of carbonyl (C=O) groups excluding carboxylic acids is 1. The first-order valence-corrected chi connectivity index (χ1v) is 6.53. The first-order valence-electron chi connectivity index (χ1n) is 6.53. The molecular weight excluding hydrogens is 242 g/mol. The quantitative estimate of drug-likeness (QED) is 0.801. The van der Waals surface area contributed by atoms with Gasteiger partial charge in [0.2, 0.25) is 0 Å². The van der Waals surface area contributed by atoms with Crippen molar-refractivity contribution in [2.75, 3.05) is 33.0 Å². The Morgan fingerprint density at radius 2 is 2.32 bits per heavy atom. The smallest absolute Gasteiger partial charge is 0.253 e. The molecule has 0 saturated carbocycles. The minimum absolute atomic E-state index is 0.128. The molecule has 0 aromatic heterocycles. The van der Waals surface area contributed by atoms with Crippen LogP contribution in [0.15, 0.2) is 18.2 Å². The molecule has 104 valence electrons. The van der Waals surface area contributed by atoms with Crippen LogP contribution in [0.25, 0.3) is 0 Å². The normalized spacial score (nSPS) is 20.0. The zero-order chi connectivity index (χ0) is 13.8. The Morgan fingerprint density at radius 1 is 1.53 bits per heavy atom. The highest BCUT2D eigenvalue weighted by Gasteiger charge is 2.21. The van der Waals surface area contributed by atoms with E-state index in [0.717, 1.165) is 25.9 Å². The predicted molar refractivity (Wildman–Crippen MR) is 75.4 cm³/mol. The van der Waals surface area contributed by atoms with Crippen LogP contribution in [0.3, 0.4) is 0 Å². The SMILES string of the molecule is COc1cccc(C(=O)NC2CCCN(C)C2)c1N. The maximum Gasteiger partial charge on any atom is 0.253 e. The largest absolute Gasteiger partial charge is 0.495 e. The monoisotopic (exact) mass is 263 g/mol. The van der Waals surface area contributed by atoms with E-state index in [4.69, 9.17) is 10.5 Å². The molecule has 1 aliphatic heterocycles. The average Bonchev–Trinajstić information content (AvgIpc) is 2.39. The summed E-state index contributed by atoms with van der Waals surface area (Å²) in [7, 11) is 3.61. The van der Waals surface area contributed by atoms with Gasteiger partial charge in [-0.2, -0.15) is 0 Å². The van der Waals surface area contributed by atoms with Gasteiger partial charge in [-0.1, -0.05) is 6.07 Å². The van der Waals surface area contributed by atoms with Crippen LogP contribution in [0, 0.1) is 0 Å². The lowest BCUT2D eigenvalue weighted by atomic mass is 10.1. The van der Waals surface area contributed by atoms with E-state index in [-0.39, 0.29) is 11.9 Å². The summed E-state index contributed by atoms with van der Waals surface area (Å²) in [6, 6.07) is 5.44. The lowest BCUT2D eigenvalue weighted by molar-refractivity contribution is 0.0913. The second-order valence-electron chi connectivity index (χ2n) is 5.00. The molecule has 1 heterocycles. The van der Waals surface area contributed by atoms with Gasteiger partial charge in [0.25, 0.3) is 5.91 Å². The number of para-hydroxylation sites is 1. The number of nitrogens with one attached hydrogen (secondary N) is 1. The van der Waals surface area contributed by atoms with Gasteiger partial charge in [0.15, 0.2) is 0 Å². The van der Waals surface area contributed by atoms with Crippen molar-refractivity contribution in [1.29, 1.82) is 0 Å². The topological polar surface area (TPSA) is 67.6 Å². The van der Waals surface area contributed by atoms with Gasteiger partial charge in [0, 0.05) is 12.6 Å². The third kappa shape index (κ3) is 3.17. The maximum atomic E-state index is 12.2. The summed E-state index contributed by atoms with van der Waals surface area (Å²) in [5.74, 6) is 0.408. The van der Waals surface area contributed by atoms with E-state index in [1.165, 1.54) is 0 Å². The van der Waals surface area contributed by atoms with Gasteiger partial charge in [-0.25, -0.2) is 0 Å². The number of benzene rings is 1. The van der Waals surface area contributed by atoms with Crippen molar-refractivity contribution in [1.82, 2.24) is 10.2 Å². The standard InChI is InChI=1S/C14H21N3O2/c1-17-8-4-5-10(9-17)16-14(18)11-6-3-7-12(19-2)13(11)15/h3,6-7,10H,4-5,8-9,15H2,1-2H3,(H,16,18). The van der Waals surface area contributed by atoms with Gasteiger partial charge in [0.05, 0.1) is 18.4 Å². The number of piperidine rings is 1. The summed E-state index contributed by atoms with van der Waals surface area (Å²) in [6.07, 6.45) is 2.12. The summed E-state index contributed by atoms with van der Waals surface area (Å²) in [4.78, 5) is 14.5. The number of methoxy groups -OCH3 is 1. The maximum absolute atomic E-state index is 12.2. The molecule has 1 aromatic rings. The molecule has 0 aliphatic carbocycles. The van der Waals surface area contributed by atoms with Crippen LogP contribution >= 0.6 is 0 Å². The van der Waals surface area contributed by atoms with E-state index < -0.39 is 0 Å². The Labute approximate surface area is 113 Å². The predicted octanol–water partition coefficient (Wildman–Crippen LogP) is 1.10. The van der Waals surface area contributed by atoms with E-state index in [1.807, 2.05) is 0 Å². The van der Waals surface area contributed by atoms with E-state index in [1.54, 1.807) is 25.3 Å². The van der Waals surface area contributed by atoms with Crippen molar-refractivity contribution < 1.29 is 9.53 Å². The number of likely N-dealkylation sites (tertiary alicyclic amines) is 1. The fraction of sp³-hybridized carbons (Fsp3) is 0.500. The van der Waals surface area contributed by atoms with Gasteiger partial charge < -0.3 is 20.7 Å². The zero-order valence-corrected chi connectivity index (χ0v) is 11.5. The van der Waals surface area contributed by atoms with Crippen molar-refractivity contribution in [3.63, 3.8) is 0 Å². The van der Waals surface area contributed by atoms with Gasteiger partial charge in [-0.15, -0.1) is 0 Å². The molecule has 1 atom stereocenters. The second-order valence-corrected chi connectivity index (χ2v) is 5.00. The summed E-state index contributed by atoms with van der Waals surface area (Å²) in [5, 5.41) is 3.04. The Hall–Kier alpha value is -1.75. The summed E-state index contributed by atoms with van der Waals surface area (Å²) in [5.41, 5.74) is 6.81. The molecule has 1 saturated heterocycles. The van der Waals surface area contributed by atoms with Crippen LogP contribution in [0.4, 0.5) is 5.69 Å². The minimum atomic E-state index is -0.128. The third-order valence-corrected chi connectivity index (χ3v) is 3.49. The molecule has 5 heteroatoms. The molecule has 1 aromatic carbocycles. The lowest BCUT2D eigenvalue weighted by Crippen LogP contribution is -2.46. The Morgan fingerprint density at radius 3 is 3.00 bits per heavy atom. The number of ether oxygens (including phenoxy) is 1. The molecule has 1 unspecified atom stereocenters. The number of anilines is 1. The van der Waals surface area contributed by atoms with Crippen molar-refractivity contribution in [3.8, 4) is 5.75 Å². The van der Waals surface area contributed by atoms with Gasteiger partial charge in [-0.3, -0.25) is 4.79 Å². The van der Waals surface area contributed by atoms with E-state index in [2.05, 4.69) is 17.3 Å². The van der Waals surface area contributed by atoms with Crippen LogP contribution in [-0.4, -0.2) is 44.1 Å². The van der Waals surface area contributed by atoms with Crippen LogP contribution in [0.1, 0.15) is 23.2 Å². The number of amides is 1. The van der Waals surface area contributed by atoms with Crippen LogP contribution in [-0.2, 0) is 0 Å². The highest BCUT2D eigenvalue weighted by atomic mass is 16.5. The van der Waals surface area contributed by atoms with E-state index >= 15 is 0 Å². The van der Waals surface area contributed by atoms with Gasteiger partial charge in [0.1, 0.15) is 5.75 Å². The average molecular weight is 263 g/mol. The van der Waals surface area contributed by atoms with Crippen molar-refractivity contribution in [2.24, 2.45) is 0 Å². The highest BCUT2D eigenvalue weighted by Crippen LogP contribution is 2.24. The first kappa shape index (κ1) is 13.7. The number of nitrogens with zero attached hydrogens (tertiary/aromatic N) is 1. The van der Waals surface area contributed by atoms with Gasteiger partial charge >= 0.3 is 0 Å². The molecule has 0 spiro atoms. The molecular formula is C14H21N3O2. The lowest BCUT2D eigenvalue weighted by Gasteiger charge is -2.30. The number of hydrogen-bond donors (Lipinski definition) is 2. The van der Waals surface area contributed by atoms with Crippen LogP contribution < -0.4 is 15.8 Å². The number of likely N-dealkylation sites (N-methyl/N-ethyl adjacent to an activating group) is 1.